The van der Waals surface area contributed by atoms with Crippen molar-refractivity contribution in [3.05, 3.63) is 58.4 Å². The van der Waals surface area contributed by atoms with E-state index in [4.69, 9.17) is 10.1 Å². The Bertz CT molecular complexity index is 1260. The number of nitrogens with zero attached hydrogens (tertiary/aromatic N) is 5. The average Bonchev–Trinajstić information content (AvgIpc) is 3.19. The predicted molar refractivity (Wildman–Crippen MR) is 142 cm³/mol. The Labute approximate surface area is 213 Å². The van der Waals surface area contributed by atoms with Gasteiger partial charge in [0, 0.05) is 44.0 Å². The van der Waals surface area contributed by atoms with Crippen LogP contribution in [0.2, 0.25) is 0 Å². The van der Waals surface area contributed by atoms with Crippen LogP contribution < -0.4 is 5.32 Å². The fraction of sp³-hybridized carbons (Fsp3) is 0.500. The summed E-state index contributed by atoms with van der Waals surface area (Å²) >= 11 is 0. The molecule has 2 aromatic heterocycles. The zero-order chi connectivity index (χ0) is 26.2. The summed E-state index contributed by atoms with van der Waals surface area (Å²) in [6.45, 7) is 16.0. The van der Waals surface area contributed by atoms with Gasteiger partial charge < -0.3 is 15.1 Å². The standard InChI is InChI=1S/C28H38N6O2/c1-18(2)23-16-22(24-19(3)31-34(25(24)30-23)28(4,5)6)26(35)29-17-20-8-10-21(11-9-20)27(36)33-14-12-32(7)13-15-33/h8-11,16,18H,12-15,17H2,1-7H3,(H,29,35). The Balaban J connectivity index is 1.52. The monoisotopic (exact) mass is 490 g/mol. The number of pyridine rings is 1. The van der Waals surface area contributed by atoms with Crippen LogP contribution in [0, 0.1) is 6.92 Å². The number of piperazine rings is 1. The van der Waals surface area contributed by atoms with Crippen LogP contribution in [0.3, 0.4) is 0 Å². The smallest absolute Gasteiger partial charge is 0.253 e. The second-order valence-corrected chi connectivity index (χ2v) is 11.1. The highest BCUT2D eigenvalue weighted by Crippen LogP contribution is 2.29. The Morgan fingerprint density at radius 2 is 1.69 bits per heavy atom. The topological polar surface area (TPSA) is 83.4 Å². The molecule has 0 atom stereocenters. The Morgan fingerprint density at radius 1 is 1.06 bits per heavy atom. The van der Waals surface area contributed by atoms with Crippen molar-refractivity contribution in [2.75, 3.05) is 33.2 Å². The van der Waals surface area contributed by atoms with Crippen LogP contribution >= 0.6 is 0 Å². The Morgan fingerprint density at radius 3 is 2.28 bits per heavy atom. The molecular weight excluding hydrogens is 452 g/mol. The summed E-state index contributed by atoms with van der Waals surface area (Å²) in [6.07, 6.45) is 0. The highest BCUT2D eigenvalue weighted by molar-refractivity contribution is 6.06. The minimum Gasteiger partial charge on any atom is -0.348 e. The number of carbonyl (C=O) groups excluding carboxylic acids is 2. The molecule has 1 aliphatic rings. The quantitative estimate of drug-likeness (QED) is 0.586. The maximum absolute atomic E-state index is 13.4. The van der Waals surface area contributed by atoms with E-state index in [0.29, 0.717) is 17.7 Å². The molecule has 192 valence electrons. The summed E-state index contributed by atoms with van der Waals surface area (Å²) in [7, 11) is 2.07. The number of hydrogen-bond acceptors (Lipinski definition) is 5. The molecule has 8 heteroatoms. The van der Waals surface area contributed by atoms with E-state index in [2.05, 4.69) is 51.9 Å². The van der Waals surface area contributed by atoms with Crippen molar-refractivity contribution in [1.29, 1.82) is 0 Å². The number of rotatable bonds is 5. The first-order valence-electron chi connectivity index (χ1n) is 12.7. The number of nitrogens with one attached hydrogen (secondary N) is 1. The minimum atomic E-state index is -0.258. The van der Waals surface area contributed by atoms with E-state index in [1.54, 1.807) is 0 Å². The van der Waals surface area contributed by atoms with E-state index in [0.717, 1.165) is 54.2 Å². The maximum Gasteiger partial charge on any atom is 0.253 e. The van der Waals surface area contributed by atoms with Crippen LogP contribution in [0.25, 0.3) is 11.0 Å². The molecule has 1 fully saturated rings. The van der Waals surface area contributed by atoms with Crippen molar-refractivity contribution in [1.82, 2.24) is 29.9 Å². The predicted octanol–water partition coefficient (Wildman–Crippen LogP) is 3.94. The molecular formula is C28H38N6O2. The van der Waals surface area contributed by atoms with Gasteiger partial charge in [-0.15, -0.1) is 0 Å². The van der Waals surface area contributed by atoms with Crippen molar-refractivity contribution >= 4 is 22.8 Å². The zero-order valence-electron chi connectivity index (χ0n) is 22.6. The summed E-state index contributed by atoms with van der Waals surface area (Å²) in [5.74, 6) is 0.0822. The van der Waals surface area contributed by atoms with E-state index >= 15 is 0 Å². The number of hydrogen-bond donors (Lipinski definition) is 1. The first kappa shape index (κ1) is 25.8. The SMILES string of the molecule is Cc1nn(C(C)(C)C)c2nc(C(C)C)cc(C(=O)NCc3ccc(C(=O)N4CCN(C)CC4)cc3)c12. The number of aromatic nitrogens is 3. The molecule has 8 nitrogen and oxygen atoms in total. The van der Waals surface area contributed by atoms with Crippen molar-refractivity contribution < 1.29 is 9.59 Å². The lowest BCUT2D eigenvalue weighted by Crippen LogP contribution is -2.47. The molecule has 1 saturated heterocycles. The number of aryl methyl sites for hydroxylation is 1. The van der Waals surface area contributed by atoms with Gasteiger partial charge in [-0.1, -0.05) is 26.0 Å². The van der Waals surface area contributed by atoms with Crippen LogP contribution in [0.1, 0.15) is 78.2 Å². The van der Waals surface area contributed by atoms with Gasteiger partial charge in [-0.05, 0) is 64.4 Å². The van der Waals surface area contributed by atoms with Crippen LogP contribution in [0.4, 0.5) is 0 Å². The minimum absolute atomic E-state index is 0.0606. The van der Waals surface area contributed by atoms with Crippen molar-refractivity contribution in [3.8, 4) is 0 Å². The van der Waals surface area contributed by atoms with Crippen LogP contribution in [0.5, 0.6) is 0 Å². The van der Waals surface area contributed by atoms with E-state index in [1.807, 2.05) is 46.8 Å². The van der Waals surface area contributed by atoms with E-state index in [9.17, 15) is 9.59 Å². The van der Waals surface area contributed by atoms with Crippen molar-refractivity contribution in [3.63, 3.8) is 0 Å². The Kier molecular flexibility index (Phi) is 7.18. The highest BCUT2D eigenvalue weighted by Gasteiger charge is 2.25. The van der Waals surface area contributed by atoms with Crippen molar-refractivity contribution in [2.24, 2.45) is 0 Å². The van der Waals surface area contributed by atoms with Gasteiger partial charge >= 0.3 is 0 Å². The van der Waals surface area contributed by atoms with Crippen LogP contribution in [-0.4, -0.2) is 69.6 Å². The third-order valence-electron chi connectivity index (χ3n) is 6.75. The summed E-state index contributed by atoms with van der Waals surface area (Å²) < 4.78 is 1.91. The van der Waals surface area contributed by atoms with Gasteiger partial charge in [0.2, 0.25) is 0 Å². The Hall–Kier alpha value is -3.26. The maximum atomic E-state index is 13.4. The van der Waals surface area contributed by atoms with E-state index < -0.39 is 0 Å². The second-order valence-electron chi connectivity index (χ2n) is 11.1. The molecule has 3 aromatic rings. The average molecular weight is 491 g/mol. The third kappa shape index (κ3) is 5.28. The second kappa shape index (κ2) is 10.0. The molecule has 0 bridgehead atoms. The van der Waals surface area contributed by atoms with Gasteiger partial charge in [0.25, 0.3) is 11.8 Å². The molecule has 36 heavy (non-hydrogen) atoms. The van der Waals surface area contributed by atoms with Gasteiger partial charge in [0.15, 0.2) is 5.65 Å². The molecule has 3 heterocycles. The highest BCUT2D eigenvalue weighted by atomic mass is 16.2. The van der Waals surface area contributed by atoms with Gasteiger partial charge in [0.05, 0.1) is 22.2 Å². The lowest BCUT2D eigenvalue weighted by Gasteiger charge is -2.32. The van der Waals surface area contributed by atoms with E-state index in [-0.39, 0.29) is 23.3 Å². The molecule has 1 aromatic carbocycles. The molecule has 4 rings (SSSR count). The zero-order valence-corrected chi connectivity index (χ0v) is 22.6. The molecule has 2 amide bonds. The third-order valence-corrected chi connectivity index (χ3v) is 6.75. The fourth-order valence-electron chi connectivity index (χ4n) is 4.49. The molecule has 0 spiro atoms. The normalized spacial score (nSPS) is 15.1. The van der Waals surface area contributed by atoms with Crippen LogP contribution in [0.15, 0.2) is 30.3 Å². The number of carbonyl (C=O) groups is 2. The largest absolute Gasteiger partial charge is 0.348 e. The van der Waals surface area contributed by atoms with Crippen LogP contribution in [-0.2, 0) is 12.1 Å². The molecule has 0 radical (unpaired) electrons. The first-order chi connectivity index (χ1) is 17.0. The van der Waals surface area contributed by atoms with Gasteiger partial charge in [-0.25, -0.2) is 9.67 Å². The lowest BCUT2D eigenvalue weighted by atomic mass is 10.0. The van der Waals surface area contributed by atoms with Crippen molar-refractivity contribution in [2.45, 2.75) is 59.5 Å². The summed E-state index contributed by atoms with van der Waals surface area (Å²) in [4.78, 5) is 35.2. The number of amides is 2. The summed E-state index contributed by atoms with van der Waals surface area (Å²) in [5, 5.41) is 8.58. The van der Waals surface area contributed by atoms with Gasteiger partial charge in [0.1, 0.15) is 0 Å². The number of likely N-dealkylation sites (N-methyl/N-ethyl adjacent to an activating group) is 1. The first-order valence-corrected chi connectivity index (χ1v) is 12.7. The molecule has 0 unspecified atom stereocenters. The molecule has 1 N–H and O–H groups in total. The molecule has 0 aliphatic carbocycles. The summed E-state index contributed by atoms with van der Waals surface area (Å²) in [5.41, 5.74) is 4.35. The summed E-state index contributed by atoms with van der Waals surface area (Å²) in [6, 6.07) is 9.41. The lowest BCUT2D eigenvalue weighted by molar-refractivity contribution is 0.0664. The van der Waals surface area contributed by atoms with Gasteiger partial charge in [-0.3, -0.25) is 9.59 Å². The fourth-order valence-corrected chi connectivity index (χ4v) is 4.49. The van der Waals surface area contributed by atoms with E-state index in [1.165, 1.54) is 0 Å². The number of benzene rings is 1. The number of fused-ring (bicyclic) bond motifs is 1. The molecule has 1 aliphatic heterocycles. The van der Waals surface area contributed by atoms with Gasteiger partial charge in [-0.2, -0.15) is 5.10 Å². The molecule has 0 saturated carbocycles.